The molecule has 0 atom stereocenters. The molecule has 1 fully saturated rings. The molecule has 7 heteroatoms. The van der Waals surface area contributed by atoms with Crippen molar-refractivity contribution in [3.05, 3.63) is 58.5 Å². The smallest absolute Gasteiger partial charge is 0.274 e. The first-order chi connectivity index (χ1) is 12.5. The second kappa shape index (κ2) is 6.61. The van der Waals surface area contributed by atoms with Crippen LogP contribution in [0.1, 0.15) is 21.9 Å². The summed E-state index contributed by atoms with van der Waals surface area (Å²) in [7, 11) is 0. The number of nitrogens with zero attached hydrogens (tertiary/aromatic N) is 5. The van der Waals surface area contributed by atoms with E-state index in [0.717, 1.165) is 40.8 Å². The molecule has 0 radical (unpaired) electrons. The van der Waals surface area contributed by atoms with Gasteiger partial charge in [0.15, 0.2) is 5.65 Å². The summed E-state index contributed by atoms with van der Waals surface area (Å²) in [6.45, 7) is 6.69. The van der Waals surface area contributed by atoms with Gasteiger partial charge in [-0.15, -0.1) is 0 Å². The molecule has 1 aliphatic heterocycles. The molecule has 2 aromatic heterocycles. The lowest BCUT2D eigenvalue weighted by molar-refractivity contribution is 0.0739. The number of carbonyl (C=O) groups excluding carboxylic acids is 1. The first-order valence-corrected chi connectivity index (χ1v) is 9.04. The molecule has 0 unspecified atom stereocenters. The van der Waals surface area contributed by atoms with E-state index in [2.05, 4.69) is 15.0 Å². The normalized spacial score (nSPS) is 14.9. The average Bonchev–Trinajstić information content (AvgIpc) is 2.95. The molecule has 1 aliphatic rings. The topological polar surface area (TPSA) is 53.7 Å². The minimum absolute atomic E-state index is 0.0449. The Balaban J connectivity index is 1.50. The fourth-order valence-electron chi connectivity index (χ4n) is 3.29. The molecule has 4 rings (SSSR count). The van der Waals surface area contributed by atoms with Crippen LogP contribution in [0.15, 0.2) is 36.4 Å². The monoisotopic (exact) mass is 369 g/mol. The van der Waals surface area contributed by atoms with E-state index in [1.807, 2.05) is 49.1 Å². The Morgan fingerprint density at radius 2 is 1.77 bits per heavy atom. The number of hydrogen-bond donors (Lipinski definition) is 0. The molecule has 0 saturated carbocycles. The number of halogens is 1. The number of aryl methyl sites for hydroxylation is 2. The standard InChI is InChI=1S/C19H20ClN5O/c1-13-14(2)25-18(21-13)8-7-16(22-25)19(26)24-11-9-23(10-12-24)17-6-4-3-5-15(17)20/h3-8H,9-12H2,1-2H3. The van der Waals surface area contributed by atoms with Crippen molar-refractivity contribution in [2.24, 2.45) is 0 Å². The number of carbonyl (C=O) groups is 1. The van der Waals surface area contributed by atoms with Crippen molar-refractivity contribution in [3.63, 3.8) is 0 Å². The van der Waals surface area contributed by atoms with E-state index in [1.54, 1.807) is 10.6 Å². The number of piperazine rings is 1. The van der Waals surface area contributed by atoms with Crippen LogP contribution in [0.3, 0.4) is 0 Å². The fourth-order valence-corrected chi connectivity index (χ4v) is 3.54. The molecule has 0 N–H and O–H groups in total. The lowest BCUT2D eigenvalue weighted by Gasteiger charge is -2.36. The molecule has 26 heavy (non-hydrogen) atoms. The van der Waals surface area contributed by atoms with Crippen LogP contribution in [0.4, 0.5) is 5.69 Å². The van der Waals surface area contributed by atoms with Crippen LogP contribution in [0.25, 0.3) is 5.65 Å². The van der Waals surface area contributed by atoms with E-state index in [4.69, 9.17) is 11.6 Å². The van der Waals surface area contributed by atoms with E-state index in [-0.39, 0.29) is 5.91 Å². The Labute approximate surface area is 157 Å². The Kier molecular flexibility index (Phi) is 4.28. The maximum atomic E-state index is 12.9. The predicted octanol–water partition coefficient (Wildman–Crippen LogP) is 2.96. The van der Waals surface area contributed by atoms with Crippen molar-refractivity contribution >= 4 is 28.8 Å². The third kappa shape index (κ3) is 2.90. The number of rotatable bonds is 2. The van der Waals surface area contributed by atoms with Gasteiger partial charge in [-0.3, -0.25) is 4.79 Å². The fraction of sp³-hybridized carbons (Fsp3) is 0.316. The van der Waals surface area contributed by atoms with Crippen molar-refractivity contribution in [2.45, 2.75) is 13.8 Å². The first kappa shape index (κ1) is 16.8. The van der Waals surface area contributed by atoms with Gasteiger partial charge >= 0.3 is 0 Å². The number of para-hydroxylation sites is 1. The van der Waals surface area contributed by atoms with E-state index in [1.165, 1.54) is 0 Å². The van der Waals surface area contributed by atoms with Gasteiger partial charge in [0.25, 0.3) is 5.91 Å². The summed E-state index contributed by atoms with van der Waals surface area (Å²) < 4.78 is 1.74. The molecular weight excluding hydrogens is 350 g/mol. The lowest BCUT2D eigenvalue weighted by atomic mass is 10.2. The molecule has 1 amide bonds. The van der Waals surface area contributed by atoms with Crippen LogP contribution in [0.2, 0.25) is 5.02 Å². The Hall–Kier alpha value is -2.60. The minimum atomic E-state index is -0.0449. The van der Waals surface area contributed by atoms with Crippen LogP contribution in [-0.4, -0.2) is 51.6 Å². The van der Waals surface area contributed by atoms with Crippen molar-refractivity contribution in [1.29, 1.82) is 0 Å². The molecule has 0 bridgehead atoms. The maximum absolute atomic E-state index is 12.9. The summed E-state index contributed by atoms with van der Waals surface area (Å²) in [5.41, 5.74) is 4.11. The van der Waals surface area contributed by atoms with Crippen molar-refractivity contribution < 1.29 is 4.79 Å². The molecule has 0 spiro atoms. The molecule has 0 aliphatic carbocycles. The Morgan fingerprint density at radius 1 is 1.04 bits per heavy atom. The van der Waals surface area contributed by atoms with Crippen LogP contribution >= 0.6 is 11.6 Å². The highest BCUT2D eigenvalue weighted by Crippen LogP contribution is 2.26. The number of aromatic nitrogens is 3. The quantitative estimate of drug-likeness (QED) is 0.697. The minimum Gasteiger partial charge on any atom is -0.367 e. The summed E-state index contributed by atoms with van der Waals surface area (Å²) in [5, 5.41) is 5.23. The third-order valence-corrected chi connectivity index (χ3v) is 5.24. The SMILES string of the molecule is Cc1nc2ccc(C(=O)N3CCN(c4ccccc4Cl)CC3)nn2c1C. The second-order valence-corrected chi connectivity index (χ2v) is 6.91. The highest BCUT2D eigenvalue weighted by atomic mass is 35.5. The largest absolute Gasteiger partial charge is 0.367 e. The Morgan fingerprint density at radius 3 is 2.50 bits per heavy atom. The van der Waals surface area contributed by atoms with E-state index < -0.39 is 0 Å². The number of amides is 1. The molecule has 3 aromatic rings. The van der Waals surface area contributed by atoms with E-state index in [9.17, 15) is 4.79 Å². The highest BCUT2D eigenvalue weighted by molar-refractivity contribution is 6.33. The van der Waals surface area contributed by atoms with Gasteiger partial charge in [-0.25, -0.2) is 9.50 Å². The van der Waals surface area contributed by atoms with Crippen molar-refractivity contribution in [1.82, 2.24) is 19.5 Å². The molecular formula is C19H20ClN5O. The van der Waals surface area contributed by atoms with Crippen LogP contribution in [-0.2, 0) is 0 Å². The summed E-state index contributed by atoms with van der Waals surface area (Å²) in [4.78, 5) is 21.4. The molecule has 1 aromatic carbocycles. The molecule has 6 nitrogen and oxygen atoms in total. The lowest BCUT2D eigenvalue weighted by Crippen LogP contribution is -2.49. The van der Waals surface area contributed by atoms with Gasteiger partial charge in [0, 0.05) is 26.2 Å². The first-order valence-electron chi connectivity index (χ1n) is 8.66. The zero-order chi connectivity index (χ0) is 18.3. The predicted molar refractivity (Wildman–Crippen MR) is 102 cm³/mol. The molecule has 1 saturated heterocycles. The number of anilines is 1. The highest BCUT2D eigenvalue weighted by Gasteiger charge is 2.24. The summed E-state index contributed by atoms with van der Waals surface area (Å²) in [6.07, 6.45) is 0. The van der Waals surface area contributed by atoms with Gasteiger partial charge in [-0.2, -0.15) is 5.10 Å². The number of imidazole rings is 1. The number of fused-ring (bicyclic) bond motifs is 1. The van der Waals surface area contributed by atoms with Gasteiger partial charge in [0.1, 0.15) is 5.69 Å². The van der Waals surface area contributed by atoms with E-state index >= 15 is 0 Å². The third-order valence-electron chi connectivity index (χ3n) is 4.92. The zero-order valence-corrected chi connectivity index (χ0v) is 15.6. The molecule has 3 heterocycles. The van der Waals surface area contributed by atoms with Crippen molar-refractivity contribution in [3.8, 4) is 0 Å². The van der Waals surface area contributed by atoms with Crippen LogP contribution in [0, 0.1) is 13.8 Å². The van der Waals surface area contributed by atoms with Gasteiger partial charge < -0.3 is 9.80 Å². The summed E-state index contributed by atoms with van der Waals surface area (Å²) >= 11 is 6.28. The van der Waals surface area contributed by atoms with E-state index in [0.29, 0.717) is 18.8 Å². The van der Waals surface area contributed by atoms with Crippen molar-refractivity contribution in [2.75, 3.05) is 31.1 Å². The van der Waals surface area contributed by atoms with Gasteiger partial charge in [-0.05, 0) is 38.1 Å². The van der Waals surface area contributed by atoms with Gasteiger partial charge in [0.05, 0.1) is 22.1 Å². The summed E-state index contributed by atoms with van der Waals surface area (Å²) in [5.74, 6) is -0.0449. The molecule has 134 valence electrons. The average molecular weight is 370 g/mol. The second-order valence-electron chi connectivity index (χ2n) is 6.50. The maximum Gasteiger partial charge on any atom is 0.274 e. The van der Waals surface area contributed by atoms with Crippen LogP contribution in [0.5, 0.6) is 0 Å². The number of hydrogen-bond acceptors (Lipinski definition) is 4. The van der Waals surface area contributed by atoms with Gasteiger partial charge in [0.2, 0.25) is 0 Å². The van der Waals surface area contributed by atoms with Crippen LogP contribution < -0.4 is 4.90 Å². The number of benzene rings is 1. The Bertz CT molecular complexity index is 975. The van der Waals surface area contributed by atoms with Gasteiger partial charge in [-0.1, -0.05) is 23.7 Å². The zero-order valence-electron chi connectivity index (χ0n) is 14.8. The summed E-state index contributed by atoms with van der Waals surface area (Å²) in [6, 6.07) is 11.4.